The molecule has 2 rings (SSSR count). The van der Waals surface area contributed by atoms with E-state index < -0.39 is 12.0 Å². The summed E-state index contributed by atoms with van der Waals surface area (Å²) >= 11 is 0. The Kier molecular flexibility index (Phi) is 3.32. The first-order valence-electron chi connectivity index (χ1n) is 5.98. The van der Waals surface area contributed by atoms with E-state index in [1.54, 1.807) is 19.1 Å². The lowest BCUT2D eigenvalue weighted by Crippen LogP contribution is -2.40. The third-order valence-electron chi connectivity index (χ3n) is 3.25. The number of hydrogen-bond acceptors (Lipinski definition) is 3. The van der Waals surface area contributed by atoms with Gasteiger partial charge in [0.15, 0.2) is 0 Å². The van der Waals surface area contributed by atoms with Gasteiger partial charge in [-0.15, -0.1) is 0 Å². The SMILES string of the molecule is Cc1ccc(C(=O)N2CCCC2C(=O)O)c(C)n1. The lowest BCUT2D eigenvalue weighted by Gasteiger charge is -2.22. The second kappa shape index (κ2) is 4.76. The predicted octanol–water partition coefficient (Wildman–Crippen LogP) is 1.39. The predicted molar refractivity (Wildman–Crippen MR) is 65.4 cm³/mol. The molecule has 1 atom stereocenters. The minimum Gasteiger partial charge on any atom is -0.480 e. The average molecular weight is 248 g/mol. The van der Waals surface area contributed by atoms with Crippen LogP contribution in [0.25, 0.3) is 0 Å². The van der Waals surface area contributed by atoms with Crippen molar-refractivity contribution < 1.29 is 14.7 Å². The highest BCUT2D eigenvalue weighted by Crippen LogP contribution is 2.21. The van der Waals surface area contributed by atoms with Crippen molar-refractivity contribution in [1.82, 2.24) is 9.88 Å². The molecule has 1 unspecified atom stereocenters. The van der Waals surface area contributed by atoms with Crippen LogP contribution in [0.15, 0.2) is 12.1 Å². The molecule has 1 aromatic heterocycles. The Labute approximate surface area is 105 Å². The summed E-state index contributed by atoms with van der Waals surface area (Å²) in [6.45, 7) is 4.13. The number of carboxylic acids is 1. The van der Waals surface area contributed by atoms with Crippen molar-refractivity contribution in [2.45, 2.75) is 32.7 Å². The number of carbonyl (C=O) groups is 2. The van der Waals surface area contributed by atoms with Crippen LogP contribution in [-0.2, 0) is 4.79 Å². The highest BCUT2D eigenvalue weighted by Gasteiger charge is 2.34. The molecule has 0 saturated carbocycles. The van der Waals surface area contributed by atoms with E-state index in [0.29, 0.717) is 24.2 Å². The van der Waals surface area contributed by atoms with Gasteiger partial charge in [-0.1, -0.05) is 0 Å². The summed E-state index contributed by atoms with van der Waals surface area (Å²) < 4.78 is 0. The second-order valence-corrected chi connectivity index (χ2v) is 4.58. The number of carboxylic acid groups (broad SMARTS) is 1. The molecule has 2 heterocycles. The van der Waals surface area contributed by atoms with Crippen molar-refractivity contribution in [1.29, 1.82) is 0 Å². The van der Waals surface area contributed by atoms with Gasteiger partial charge in [0.05, 0.1) is 11.3 Å². The number of hydrogen-bond donors (Lipinski definition) is 1. The Bertz CT molecular complexity index is 499. The molecular formula is C13H16N2O3. The van der Waals surface area contributed by atoms with Gasteiger partial charge in [0.2, 0.25) is 0 Å². The molecule has 1 aliphatic rings. The van der Waals surface area contributed by atoms with E-state index in [2.05, 4.69) is 4.98 Å². The van der Waals surface area contributed by atoms with Crippen molar-refractivity contribution in [3.63, 3.8) is 0 Å². The topological polar surface area (TPSA) is 70.5 Å². The molecule has 0 radical (unpaired) electrons. The van der Waals surface area contributed by atoms with Crippen LogP contribution in [0.3, 0.4) is 0 Å². The molecule has 18 heavy (non-hydrogen) atoms. The van der Waals surface area contributed by atoms with Crippen molar-refractivity contribution in [2.24, 2.45) is 0 Å². The molecule has 1 fully saturated rings. The lowest BCUT2D eigenvalue weighted by atomic mass is 10.1. The molecule has 0 aliphatic carbocycles. The normalized spacial score (nSPS) is 19.0. The maximum atomic E-state index is 12.3. The Morgan fingerprint density at radius 2 is 2.11 bits per heavy atom. The van der Waals surface area contributed by atoms with Gasteiger partial charge in [0.25, 0.3) is 5.91 Å². The molecule has 0 bridgehead atoms. The van der Waals surface area contributed by atoms with E-state index in [1.165, 1.54) is 4.90 Å². The fourth-order valence-corrected chi connectivity index (χ4v) is 2.33. The summed E-state index contributed by atoms with van der Waals surface area (Å²) in [6.07, 6.45) is 1.26. The van der Waals surface area contributed by atoms with Gasteiger partial charge < -0.3 is 10.0 Å². The van der Waals surface area contributed by atoms with Crippen LogP contribution in [-0.4, -0.2) is 39.5 Å². The van der Waals surface area contributed by atoms with E-state index in [0.717, 1.165) is 12.1 Å². The van der Waals surface area contributed by atoms with E-state index in [-0.39, 0.29) is 5.91 Å². The zero-order valence-corrected chi connectivity index (χ0v) is 10.5. The zero-order chi connectivity index (χ0) is 13.3. The highest BCUT2D eigenvalue weighted by molar-refractivity contribution is 5.97. The maximum Gasteiger partial charge on any atom is 0.326 e. The molecular weight excluding hydrogens is 232 g/mol. The van der Waals surface area contributed by atoms with E-state index in [1.807, 2.05) is 6.92 Å². The molecule has 1 aliphatic heterocycles. The van der Waals surface area contributed by atoms with Gasteiger partial charge >= 0.3 is 5.97 Å². The number of likely N-dealkylation sites (tertiary alicyclic amines) is 1. The molecule has 1 N–H and O–H groups in total. The summed E-state index contributed by atoms with van der Waals surface area (Å²) in [7, 11) is 0. The fourth-order valence-electron chi connectivity index (χ4n) is 2.33. The Morgan fingerprint density at radius 3 is 2.72 bits per heavy atom. The number of amides is 1. The Balaban J connectivity index is 2.28. The number of rotatable bonds is 2. The largest absolute Gasteiger partial charge is 0.480 e. The van der Waals surface area contributed by atoms with Crippen molar-refractivity contribution in [3.8, 4) is 0 Å². The van der Waals surface area contributed by atoms with Gasteiger partial charge in [0, 0.05) is 12.2 Å². The fraction of sp³-hybridized carbons (Fsp3) is 0.462. The number of carbonyl (C=O) groups excluding carboxylic acids is 1. The Morgan fingerprint density at radius 1 is 1.39 bits per heavy atom. The minimum atomic E-state index is -0.932. The van der Waals surface area contributed by atoms with Gasteiger partial charge in [-0.3, -0.25) is 9.78 Å². The van der Waals surface area contributed by atoms with Crippen molar-refractivity contribution in [3.05, 3.63) is 29.1 Å². The summed E-state index contributed by atoms with van der Waals surface area (Å²) in [4.78, 5) is 29.1. The average Bonchev–Trinajstić information content (AvgIpc) is 2.77. The summed E-state index contributed by atoms with van der Waals surface area (Å²) in [5.74, 6) is -1.16. The number of nitrogens with zero attached hydrogens (tertiary/aromatic N) is 2. The lowest BCUT2D eigenvalue weighted by molar-refractivity contribution is -0.141. The molecule has 1 saturated heterocycles. The van der Waals surface area contributed by atoms with Crippen LogP contribution in [0, 0.1) is 13.8 Å². The van der Waals surface area contributed by atoms with Crippen LogP contribution in [0.5, 0.6) is 0 Å². The number of aliphatic carboxylic acids is 1. The number of pyridine rings is 1. The second-order valence-electron chi connectivity index (χ2n) is 4.58. The zero-order valence-electron chi connectivity index (χ0n) is 10.5. The van der Waals surface area contributed by atoms with Crippen LogP contribution in [0.2, 0.25) is 0 Å². The Hall–Kier alpha value is -1.91. The quantitative estimate of drug-likeness (QED) is 0.858. The van der Waals surface area contributed by atoms with Gasteiger partial charge in [0.1, 0.15) is 6.04 Å². The molecule has 96 valence electrons. The maximum absolute atomic E-state index is 12.3. The van der Waals surface area contributed by atoms with E-state index in [9.17, 15) is 9.59 Å². The van der Waals surface area contributed by atoms with Crippen LogP contribution < -0.4 is 0 Å². The molecule has 5 nitrogen and oxygen atoms in total. The molecule has 5 heteroatoms. The van der Waals surface area contributed by atoms with Gasteiger partial charge in [-0.2, -0.15) is 0 Å². The van der Waals surface area contributed by atoms with Gasteiger partial charge in [-0.25, -0.2) is 4.79 Å². The monoisotopic (exact) mass is 248 g/mol. The van der Waals surface area contributed by atoms with Crippen LogP contribution >= 0.6 is 0 Å². The smallest absolute Gasteiger partial charge is 0.326 e. The molecule has 1 aromatic rings. The van der Waals surface area contributed by atoms with Crippen LogP contribution in [0.4, 0.5) is 0 Å². The highest BCUT2D eigenvalue weighted by atomic mass is 16.4. The number of aryl methyl sites for hydroxylation is 2. The molecule has 0 aromatic carbocycles. The van der Waals surface area contributed by atoms with Crippen molar-refractivity contribution in [2.75, 3.05) is 6.54 Å². The minimum absolute atomic E-state index is 0.232. The number of aromatic nitrogens is 1. The first-order chi connectivity index (χ1) is 8.50. The standard InChI is InChI=1S/C13H16N2O3/c1-8-5-6-10(9(2)14-8)12(16)15-7-3-4-11(15)13(17)18/h5-6,11H,3-4,7H2,1-2H3,(H,17,18). The first kappa shape index (κ1) is 12.5. The molecule has 1 amide bonds. The summed E-state index contributed by atoms with van der Waals surface area (Å²) in [5.41, 5.74) is 1.99. The third kappa shape index (κ3) is 2.20. The first-order valence-corrected chi connectivity index (χ1v) is 5.98. The third-order valence-corrected chi connectivity index (χ3v) is 3.25. The van der Waals surface area contributed by atoms with E-state index in [4.69, 9.17) is 5.11 Å². The van der Waals surface area contributed by atoms with Gasteiger partial charge in [-0.05, 0) is 38.8 Å². The van der Waals surface area contributed by atoms with E-state index >= 15 is 0 Å². The summed E-state index contributed by atoms with van der Waals surface area (Å²) in [6, 6.07) is 2.79. The molecule has 0 spiro atoms. The van der Waals surface area contributed by atoms with Crippen LogP contribution in [0.1, 0.15) is 34.6 Å². The summed E-state index contributed by atoms with van der Waals surface area (Å²) in [5, 5.41) is 9.08. The van der Waals surface area contributed by atoms with Crippen molar-refractivity contribution >= 4 is 11.9 Å².